The number of hydrogen-bond acceptors (Lipinski definition) is 3. The van der Waals surface area contributed by atoms with Crippen LogP contribution in [-0.4, -0.2) is 70.5 Å². The minimum Gasteiger partial charge on any atom is -0.347 e. The van der Waals surface area contributed by atoms with Gasteiger partial charge in [0.2, 0.25) is 0 Å². The number of amides is 1. The van der Waals surface area contributed by atoms with Gasteiger partial charge in [-0.15, -0.1) is 0 Å². The van der Waals surface area contributed by atoms with E-state index in [0.717, 1.165) is 57.4 Å². The Morgan fingerprint density at radius 1 is 0.833 bits per heavy atom. The van der Waals surface area contributed by atoms with Gasteiger partial charge in [0.15, 0.2) is 0 Å². The molecule has 1 aromatic heterocycles. The average molecular weight is 485 g/mol. The van der Waals surface area contributed by atoms with Crippen LogP contribution >= 0.6 is 0 Å². The smallest absolute Gasteiger partial charge is 0.253 e. The van der Waals surface area contributed by atoms with Gasteiger partial charge in [-0.25, -0.2) is 0 Å². The van der Waals surface area contributed by atoms with E-state index < -0.39 is 0 Å². The molecule has 3 aromatic rings. The number of carbonyl (C=O) groups is 1. The fraction of sp³-hybridized carbons (Fsp3) is 0.516. The van der Waals surface area contributed by atoms with Crippen LogP contribution in [0.1, 0.15) is 54.4 Å². The normalized spacial score (nSPS) is 22.4. The van der Waals surface area contributed by atoms with Gasteiger partial charge in [0.1, 0.15) is 0 Å². The fourth-order valence-corrected chi connectivity index (χ4v) is 6.80. The molecule has 0 spiro atoms. The number of aromatic nitrogens is 1. The Kier molecular flexibility index (Phi) is 7.11. The molecule has 2 aliphatic heterocycles. The topological polar surface area (TPSA) is 31.7 Å². The first-order chi connectivity index (χ1) is 17.7. The quantitative estimate of drug-likeness (QED) is 0.479. The van der Waals surface area contributed by atoms with E-state index >= 15 is 0 Å². The molecule has 1 saturated carbocycles. The summed E-state index contributed by atoms with van der Waals surface area (Å²) in [6.45, 7) is 8.20. The SMILES string of the molecule is O=C(c1ccc2c(ccn2CC2CCCN(Cc3ccccc3)C2)c1)N1CCN(C2CCCC2)CC1. The highest BCUT2D eigenvalue weighted by molar-refractivity contribution is 5.98. The van der Waals surface area contributed by atoms with Crippen LogP contribution in [0.4, 0.5) is 0 Å². The summed E-state index contributed by atoms with van der Waals surface area (Å²) in [4.78, 5) is 20.6. The number of nitrogens with zero attached hydrogens (tertiary/aromatic N) is 4. The number of rotatable bonds is 6. The molecule has 2 saturated heterocycles. The molecule has 3 heterocycles. The summed E-state index contributed by atoms with van der Waals surface area (Å²) in [6, 6.07) is 20.1. The molecule has 1 amide bonds. The zero-order valence-electron chi connectivity index (χ0n) is 21.5. The van der Waals surface area contributed by atoms with Gasteiger partial charge >= 0.3 is 0 Å². The number of fused-ring (bicyclic) bond motifs is 1. The molecule has 3 aliphatic rings. The van der Waals surface area contributed by atoms with Crippen LogP contribution in [0.3, 0.4) is 0 Å². The molecule has 1 unspecified atom stereocenters. The Balaban J connectivity index is 1.07. The first-order valence-electron chi connectivity index (χ1n) is 14.1. The zero-order chi connectivity index (χ0) is 24.3. The minimum absolute atomic E-state index is 0.194. The second-order valence-corrected chi connectivity index (χ2v) is 11.2. The summed E-state index contributed by atoms with van der Waals surface area (Å²) in [5, 5.41) is 1.18. The van der Waals surface area contributed by atoms with Crippen molar-refractivity contribution in [3.63, 3.8) is 0 Å². The van der Waals surface area contributed by atoms with Gasteiger partial charge in [-0.3, -0.25) is 14.6 Å². The lowest BCUT2D eigenvalue weighted by Crippen LogP contribution is -2.51. The molecule has 0 bridgehead atoms. The van der Waals surface area contributed by atoms with Crippen molar-refractivity contribution in [2.45, 2.75) is 57.7 Å². The largest absolute Gasteiger partial charge is 0.347 e. The third-order valence-corrected chi connectivity index (χ3v) is 8.77. The van der Waals surface area contributed by atoms with Crippen molar-refractivity contribution in [2.24, 2.45) is 5.92 Å². The van der Waals surface area contributed by atoms with E-state index in [0.29, 0.717) is 5.92 Å². The standard InChI is InChI=1S/C31H40N4O/c36-31(34-19-17-33(18-20-34)29-10-4-5-11-29)28-12-13-30-27(21-28)14-16-35(30)24-26-9-6-15-32(23-26)22-25-7-2-1-3-8-25/h1-3,7-8,12-14,16,21,26,29H,4-6,9-11,15,17-20,22-24H2. The maximum atomic E-state index is 13.3. The van der Waals surface area contributed by atoms with Crippen molar-refractivity contribution in [1.29, 1.82) is 0 Å². The Bertz CT molecular complexity index is 1160. The number of piperazine rings is 1. The van der Waals surface area contributed by atoms with E-state index in [9.17, 15) is 4.79 Å². The van der Waals surface area contributed by atoms with Gasteiger partial charge in [0.05, 0.1) is 0 Å². The molecular weight excluding hydrogens is 444 g/mol. The molecule has 2 aromatic carbocycles. The lowest BCUT2D eigenvalue weighted by Gasteiger charge is -2.38. The molecule has 5 heteroatoms. The number of piperidine rings is 1. The van der Waals surface area contributed by atoms with Crippen molar-refractivity contribution in [3.8, 4) is 0 Å². The van der Waals surface area contributed by atoms with Crippen molar-refractivity contribution in [2.75, 3.05) is 39.3 Å². The Morgan fingerprint density at radius 2 is 1.64 bits per heavy atom. The lowest BCUT2D eigenvalue weighted by molar-refractivity contribution is 0.0573. The summed E-state index contributed by atoms with van der Waals surface area (Å²) in [6.07, 6.45) is 10.2. The highest BCUT2D eigenvalue weighted by Gasteiger charge is 2.28. The fourth-order valence-electron chi connectivity index (χ4n) is 6.80. The molecular formula is C31H40N4O. The number of likely N-dealkylation sites (tertiary alicyclic amines) is 1. The van der Waals surface area contributed by atoms with Crippen molar-refractivity contribution >= 4 is 16.8 Å². The van der Waals surface area contributed by atoms with Crippen molar-refractivity contribution in [1.82, 2.24) is 19.3 Å². The second kappa shape index (κ2) is 10.8. The maximum Gasteiger partial charge on any atom is 0.253 e. The van der Waals surface area contributed by atoms with Gasteiger partial charge in [0.25, 0.3) is 5.91 Å². The van der Waals surface area contributed by atoms with Crippen LogP contribution in [0, 0.1) is 5.92 Å². The summed E-state index contributed by atoms with van der Waals surface area (Å²) in [5.74, 6) is 0.857. The van der Waals surface area contributed by atoms with E-state index in [1.54, 1.807) is 0 Å². The van der Waals surface area contributed by atoms with Crippen LogP contribution < -0.4 is 0 Å². The van der Waals surface area contributed by atoms with Gasteiger partial charge in [0, 0.05) is 74.5 Å². The number of carbonyl (C=O) groups excluding carboxylic acids is 1. The van der Waals surface area contributed by atoms with E-state index in [4.69, 9.17) is 0 Å². The van der Waals surface area contributed by atoms with Crippen molar-refractivity contribution in [3.05, 3.63) is 71.9 Å². The van der Waals surface area contributed by atoms with Gasteiger partial charge in [-0.05, 0) is 68.0 Å². The van der Waals surface area contributed by atoms with Crippen LogP contribution in [-0.2, 0) is 13.1 Å². The third-order valence-electron chi connectivity index (χ3n) is 8.77. The first-order valence-corrected chi connectivity index (χ1v) is 14.1. The number of hydrogen-bond donors (Lipinski definition) is 0. The van der Waals surface area contributed by atoms with Crippen LogP contribution in [0.25, 0.3) is 10.9 Å². The predicted molar refractivity (Wildman–Crippen MR) is 146 cm³/mol. The van der Waals surface area contributed by atoms with Gasteiger partial charge in [-0.1, -0.05) is 43.2 Å². The molecule has 190 valence electrons. The summed E-state index contributed by atoms with van der Waals surface area (Å²) in [7, 11) is 0. The predicted octanol–water partition coefficient (Wildman–Crippen LogP) is 5.25. The van der Waals surface area contributed by atoms with Crippen LogP contribution in [0.5, 0.6) is 0 Å². The molecule has 5 nitrogen and oxygen atoms in total. The lowest BCUT2D eigenvalue weighted by atomic mass is 9.97. The van der Waals surface area contributed by atoms with E-state index in [1.807, 2.05) is 6.07 Å². The summed E-state index contributed by atoms with van der Waals surface area (Å²) < 4.78 is 2.40. The monoisotopic (exact) mass is 484 g/mol. The van der Waals surface area contributed by atoms with Crippen LogP contribution in [0.15, 0.2) is 60.8 Å². The summed E-state index contributed by atoms with van der Waals surface area (Å²) >= 11 is 0. The van der Waals surface area contributed by atoms with E-state index in [2.05, 4.69) is 74.0 Å². The highest BCUT2D eigenvalue weighted by atomic mass is 16.2. The molecule has 1 aliphatic carbocycles. The van der Waals surface area contributed by atoms with Crippen molar-refractivity contribution < 1.29 is 4.79 Å². The zero-order valence-corrected chi connectivity index (χ0v) is 21.5. The van der Waals surface area contributed by atoms with Gasteiger partial charge in [-0.2, -0.15) is 0 Å². The Morgan fingerprint density at radius 3 is 2.44 bits per heavy atom. The van der Waals surface area contributed by atoms with E-state index in [-0.39, 0.29) is 5.91 Å². The van der Waals surface area contributed by atoms with Gasteiger partial charge < -0.3 is 9.47 Å². The third kappa shape index (κ3) is 5.23. The highest BCUT2D eigenvalue weighted by Crippen LogP contribution is 2.26. The summed E-state index contributed by atoms with van der Waals surface area (Å²) in [5.41, 5.74) is 3.49. The first kappa shape index (κ1) is 23.7. The molecule has 0 radical (unpaired) electrons. The molecule has 3 fully saturated rings. The average Bonchev–Trinajstić information content (AvgIpc) is 3.60. The molecule has 6 rings (SSSR count). The maximum absolute atomic E-state index is 13.3. The number of benzene rings is 2. The van der Waals surface area contributed by atoms with Crippen LogP contribution in [0.2, 0.25) is 0 Å². The molecule has 1 atom stereocenters. The molecule has 36 heavy (non-hydrogen) atoms. The Labute approximate surface area is 215 Å². The molecule has 0 N–H and O–H groups in total. The van der Waals surface area contributed by atoms with E-state index in [1.165, 1.54) is 61.5 Å². The second-order valence-electron chi connectivity index (χ2n) is 11.2. The minimum atomic E-state index is 0.194. The Hall–Kier alpha value is -2.63.